The molecule has 0 aliphatic heterocycles. The molecule has 1 amide bonds. The van der Waals surface area contributed by atoms with Crippen molar-refractivity contribution >= 4 is 5.91 Å². The van der Waals surface area contributed by atoms with Crippen molar-refractivity contribution in [3.63, 3.8) is 0 Å². The zero-order valence-corrected chi connectivity index (χ0v) is 11.8. The van der Waals surface area contributed by atoms with Gasteiger partial charge < -0.3 is 15.8 Å². The molecule has 0 aromatic heterocycles. The second kappa shape index (κ2) is 8.48. The molecule has 1 rings (SSSR count). The van der Waals surface area contributed by atoms with Crippen molar-refractivity contribution in [1.29, 1.82) is 0 Å². The van der Waals surface area contributed by atoms with Crippen molar-refractivity contribution < 1.29 is 9.53 Å². The van der Waals surface area contributed by atoms with E-state index >= 15 is 0 Å². The summed E-state index contributed by atoms with van der Waals surface area (Å²) in [4.78, 5) is 11.3. The Hall–Kier alpha value is -0.610. The van der Waals surface area contributed by atoms with E-state index in [1.165, 1.54) is 19.3 Å². The quantitative estimate of drug-likeness (QED) is 0.593. The molecule has 0 heterocycles. The van der Waals surface area contributed by atoms with E-state index in [0.717, 1.165) is 25.9 Å². The zero-order valence-electron chi connectivity index (χ0n) is 11.8. The summed E-state index contributed by atoms with van der Waals surface area (Å²) in [6, 6.07) is 0.161. The minimum atomic E-state index is -0.318. The van der Waals surface area contributed by atoms with E-state index in [4.69, 9.17) is 10.5 Å². The maximum absolute atomic E-state index is 11.3. The molecule has 1 aliphatic carbocycles. The van der Waals surface area contributed by atoms with Gasteiger partial charge in [0.15, 0.2) is 0 Å². The van der Waals surface area contributed by atoms with Gasteiger partial charge in [-0.25, -0.2) is 0 Å². The lowest BCUT2D eigenvalue weighted by Gasteiger charge is -2.18. The SMILES string of the molecule is CCCCC(CC)COCC(NC1CC1)C(N)=O. The molecule has 1 fully saturated rings. The summed E-state index contributed by atoms with van der Waals surface area (Å²) < 4.78 is 5.67. The summed E-state index contributed by atoms with van der Waals surface area (Å²) in [6.07, 6.45) is 7.13. The highest BCUT2D eigenvalue weighted by atomic mass is 16.5. The van der Waals surface area contributed by atoms with E-state index in [9.17, 15) is 4.79 Å². The van der Waals surface area contributed by atoms with Gasteiger partial charge in [0, 0.05) is 12.6 Å². The number of amides is 1. The number of carbonyl (C=O) groups is 1. The van der Waals surface area contributed by atoms with Crippen LogP contribution in [0.4, 0.5) is 0 Å². The van der Waals surface area contributed by atoms with E-state index in [0.29, 0.717) is 18.6 Å². The average molecular weight is 256 g/mol. The molecule has 0 bridgehead atoms. The van der Waals surface area contributed by atoms with Crippen LogP contribution in [0, 0.1) is 5.92 Å². The van der Waals surface area contributed by atoms with Crippen molar-refractivity contribution in [1.82, 2.24) is 5.32 Å². The fourth-order valence-electron chi connectivity index (χ4n) is 2.00. The van der Waals surface area contributed by atoms with Gasteiger partial charge in [-0.2, -0.15) is 0 Å². The first kappa shape index (κ1) is 15.4. The molecular formula is C14H28N2O2. The van der Waals surface area contributed by atoms with Crippen LogP contribution in [0.3, 0.4) is 0 Å². The molecule has 2 atom stereocenters. The highest BCUT2D eigenvalue weighted by Gasteiger charge is 2.27. The maximum Gasteiger partial charge on any atom is 0.236 e. The van der Waals surface area contributed by atoms with Crippen LogP contribution in [0.25, 0.3) is 0 Å². The number of ether oxygens (including phenoxy) is 1. The van der Waals surface area contributed by atoms with Crippen molar-refractivity contribution in [2.45, 2.75) is 64.5 Å². The predicted octanol–water partition coefficient (Wildman–Crippen LogP) is 1.83. The van der Waals surface area contributed by atoms with Crippen LogP contribution < -0.4 is 11.1 Å². The number of hydrogen-bond acceptors (Lipinski definition) is 3. The van der Waals surface area contributed by atoms with Crippen LogP contribution >= 0.6 is 0 Å². The minimum absolute atomic E-state index is 0.302. The lowest BCUT2D eigenvalue weighted by Crippen LogP contribution is -2.45. The Bertz CT molecular complexity index is 242. The molecule has 0 aromatic rings. The molecule has 18 heavy (non-hydrogen) atoms. The summed E-state index contributed by atoms with van der Waals surface area (Å²) in [5.74, 6) is 0.308. The summed E-state index contributed by atoms with van der Waals surface area (Å²) in [5.41, 5.74) is 5.36. The number of nitrogens with two attached hydrogens (primary N) is 1. The number of unbranched alkanes of at least 4 members (excludes halogenated alkanes) is 1. The normalized spacial score (nSPS) is 18.6. The van der Waals surface area contributed by atoms with Gasteiger partial charge in [0.25, 0.3) is 0 Å². The minimum Gasteiger partial charge on any atom is -0.379 e. The van der Waals surface area contributed by atoms with Gasteiger partial charge >= 0.3 is 0 Å². The number of carbonyl (C=O) groups excluding carboxylic acids is 1. The Morgan fingerprint density at radius 2 is 2.11 bits per heavy atom. The smallest absolute Gasteiger partial charge is 0.236 e. The number of primary amides is 1. The topological polar surface area (TPSA) is 64.3 Å². The molecule has 0 saturated heterocycles. The van der Waals surface area contributed by atoms with Gasteiger partial charge in [-0.1, -0.05) is 33.1 Å². The van der Waals surface area contributed by atoms with E-state index in [1.54, 1.807) is 0 Å². The van der Waals surface area contributed by atoms with Gasteiger partial charge in [0.05, 0.1) is 6.61 Å². The van der Waals surface area contributed by atoms with E-state index in [2.05, 4.69) is 19.2 Å². The van der Waals surface area contributed by atoms with Crippen LogP contribution in [0.15, 0.2) is 0 Å². The molecular weight excluding hydrogens is 228 g/mol. The summed E-state index contributed by atoms with van der Waals surface area (Å²) >= 11 is 0. The molecule has 0 aromatic carbocycles. The van der Waals surface area contributed by atoms with Gasteiger partial charge in [0.1, 0.15) is 6.04 Å². The van der Waals surface area contributed by atoms with E-state index in [1.807, 2.05) is 0 Å². The van der Waals surface area contributed by atoms with Crippen molar-refractivity contribution in [3.8, 4) is 0 Å². The van der Waals surface area contributed by atoms with Crippen LogP contribution in [-0.2, 0) is 9.53 Å². The summed E-state index contributed by atoms with van der Waals surface area (Å²) in [5, 5.41) is 3.23. The Balaban J connectivity index is 2.17. The first-order chi connectivity index (χ1) is 8.67. The van der Waals surface area contributed by atoms with Crippen molar-refractivity contribution in [2.24, 2.45) is 11.7 Å². The first-order valence-electron chi connectivity index (χ1n) is 7.30. The Labute approximate surface area is 111 Å². The maximum atomic E-state index is 11.3. The molecule has 1 saturated carbocycles. The average Bonchev–Trinajstić information content (AvgIpc) is 3.15. The lowest BCUT2D eigenvalue weighted by molar-refractivity contribution is -0.121. The number of hydrogen-bond donors (Lipinski definition) is 2. The molecule has 0 spiro atoms. The molecule has 2 unspecified atom stereocenters. The Morgan fingerprint density at radius 1 is 1.39 bits per heavy atom. The number of nitrogens with one attached hydrogen (secondary N) is 1. The zero-order chi connectivity index (χ0) is 13.4. The van der Waals surface area contributed by atoms with E-state index < -0.39 is 0 Å². The van der Waals surface area contributed by atoms with Gasteiger partial charge in [0.2, 0.25) is 5.91 Å². The van der Waals surface area contributed by atoms with Crippen molar-refractivity contribution in [2.75, 3.05) is 13.2 Å². The second-order valence-electron chi connectivity index (χ2n) is 5.35. The Kier molecular flexibility index (Phi) is 7.28. The molecule has 106 valence electrons. The predicted molar refractivity (Wildman–Crippen MR) is 73.3 cm³/mol. The van der Waals surface area contributed by atoms with E-state index in [-0.39, 0.29) is 11.9 Å². The second-order valence-corrected chi connectivity index (χ2v) is 5.35. The Morgan fingerprint density at radius 3 is 2.61 bits per heavy atom. The monoisotopic (exact) mass is 256 g/mol. The molecule has 3 N–H and O–H groups in total. The van der Waals surface area contributed by atoms with Crippen LogP contribution in [0.5, 0.6) is 0 Å². The standard InChI is InChI=1S/C14H28N2O2/c1-3-5-6-11(4-2)9-18-10-13(14(15)17)16-12-7-8-12/h11-13,16H,3-10H2,1-2H3,(H2,15,17). The van der Waals surface area contributed by atoms with Crippen molar-refractivity contribution in [3.05, 3.63) is 0 Å². The van der Waals surface area contributed by atoms with Gasteiger partial charge in [-0.05, 0) is 25.2 Å². The summed E-state index contributed by atoms with van der Waals surface area (Å²) in [7, 11) is 0. The molecule has 4 nitrogen and oxygen atoms in total. The van der Waals surface area contributed by atoms with Crippen LogP contribution in [0.1, 0.15) is 52.4 Å². The lowest BCUT2D eigenvalue weighted by atomic mass is 10.0. The van der Waals surface area contributed by atoms with Crippen LogP contribution in [0.2, 0.25) is 0 Å². The van der Waals surface area contributed by atoms with Gasteiger partial charge in [-0.15, -0.1) is 0 Å². The third kappa shape index (κ3) is 6.36. The highest BCUT2D eigenvalue weighted by Crippen LogP contribution is 2.19. The largest absolute Gasteiger partial charge is 0.379 e. The fraction of sp³-hybridized carbons (Fsp3) is 0.929. The number of rotatable bonds is 11. The van der Waals surface area contributed by atoms with Gasteiger partial charge in [-0.3, -0.25) is 4.79 Å². The fourth-order valence-corrected chi connectivity index (χ4v) is 2.00. The third-order valence-corrected chi connectivity index (χ3v) is 3.54. The highest BCUT2D eigenvalue weighted by molar-refractivity contribution is 5.80. The first-order valence-corrected chi connectivity index (χ1v) is 7.30. The third-order valence-electron chi connectivity index (χ3n) is 3.54. The molecule has 0 radical (unpaired) electrons. The molecule has 1 aliphatic rings. The summed E-state index contributed by atoms with van der Waals surface area (Å²) in [6.45, 7) is 5.55. The van der Waals surface area contributed by atoms with Crippen LogP contribution in [-0.4, -0.2) is 31.2 Å². The molecule has 4 heteroatoms.